The van der Waals surface area contributed by atoms with Crippen LogP contribution in [0.3, 0.4) is 0 Å². The highest BCUT2D eigenvalue weighted by Gasteiger charge is 2.37. The number of carbonyl (C=O) groups is 3. The lowest BCUT2D eigenvalue weighted by Gasteiger charge is -2.30. The second-order valence-corrected chi connectivity index (χ2v) is 12.0. The molecule has 0 radical (unpaired) electrons. The number of ether oxygens (including phenoxy) is 1. The fourth-order valence-corrected chi connectivity index (χ4v) is 5.79. The Labute approximate surface area is 227 Å². The average molecular weight is 530 g/mol. The van der Waals surface area contributed by atoms with Crippen molar-refractivity contribution in [2.45, 2.75) is 128 Å². The van der Waals surface area contributed by atoms with Gasteiger partial charge in [0.15, 0.2) is 0 Å². The SMILES string of the molecule is C1CCC(NC2CCCCC2)CC1.C[C@@H]1c2ccccc2CN(CC(=O)O)C(=O)[C@@H]1NC(=O)OC(C)(C)C. The summed E-state index contributed by atoms with van der Waals surface area (Å²) in [6.45, 7) is 6.80. The van der Waals surface area contributed by atoms with Crippen molar-refractivity contribution in [3.63, 3.8) is 0 Å². The summed E-state index contributed by atoms with van der Waals surface area (Å²) in [4.78, 5) is 37.4. The Morgan fingerprint density at radius 2 is 1.53 bits per heavy atom. The normalized spacial score (nSPS) is 22.9. The second kappa shape index (κ2) is 14.0. The van der Waals surface area contributed by atoms with Crippen molar-refractivity contribution in [1.29, 1.82) is 0 Å². The number of nitrogens with zero attached hydrogens (tertiary/aromatic N) is 1. The van der Waals surface area contributed by atoms with Crippen molar-refractivity contribution in [1.82, 2.24) is 15.5 Å². The molecule has 2 fully saturated rings. The van der Waals surface area contributed by atoms with Crippen LogP contribution in [0.4, 0.5) is 4.79 Å². The number of hydrogen-bond donors (Lipinski definition) is 3. The smallest absolute Gasteiger partial charge is 0.408 e. The number of nitrogens with one attached hydrogen (secondary N) is 2. The highest BCUT2D eigenvalue weighted by atomic mass is 16.6. The lowest BCUT2D eigenvalue weighted by atomic mass is 9.91. The zero-order chi connectivity index (χ0) is 27.7. The van der Waals surface area contributed by atoms with Crippen LogP contribution in [0.25, 0.3) is 0 Å². The molecule has 0 aromatic heterocycles. The number of rotatable bonds is 5. The fourth-order valence-electron chi connectivity index (χ4n) is 5.79. The lowest BCUT2D eigenvalue weighted by molar-refractivity contribution is -0.145. The summed E-state index contributed by atoms with van der Waals surface area (Å²) >= 11 is 0. The third kappa shape index (κ3) is 9.29. The first-order valence-corrected chi connectivity index (χ1v) is 14.4. The van der Waals surface area contributed by atoms with Crippen LogP contribution < -0.4 is 10.6 Å². The lowest BCUT2D eigenvalue weighted by Crippen LogP contribution is -2.51. The largest absolute Gasteiger partial charge is 0.480 e. The van der Waals surface area contributed by atoms with E-state index in [-0.39, 0.29) is 12.5 Å². The molecule has 212 valence electrons. The molecule has 1 aromatic carbocycles. The van der Waals surface area contributed by atoms with Gasteiger partial charge in [-0.2, -0.15) is 0 Å². The van der Waals surface area contributed by atoms with Gasteiger partial charge >= 0.3 is 12.1 Å². The highest BCUT2D eigenvalue weighted by Crippen LogP contribution is 2.29. The van der Waals surface area contributed by atoms with Crippen molar-refractivity contribution in [2.24, 2.45) is 0 Å². The molecule has 1 heterocycles. The molecule has 1 aromatic rings. The van der Waals surface area contributed by atoms with Crippen LogP contribution in [0.5, 0.6) is 0 Å². The average Bonchev–Trinajstić information content (AvgIpc) is 2.95. The quantitative estimate of drug-likeness (QED) is 0.474. The molecule has 2 atom stereocenters. The standard InChI is InChI=1S/C18H24N2O5.C12H23N/c1-11-13-8-6-5-7-12(13)9-20(10-14(21)22)16(23)15(11)19-17(24)25-18(2,3)4;1-3-7-11(8-4-1)13-12-9-5-2-6-10-12/h5-8,11,15H,9-10H2,1-4H3,(H,19,24)(H,21,22);11-13H,1-10H2/t11-,15-;/m1./s1. The molecule has 0 unspecified atom stereocenters. The molecule has 2 aliphatic carbocycles. The Balaban J connectivity index is 0.000000256. The maximum atomic E-state index is 12.9. The van der Waals surface area contributed by atoms with Crippen LogP contribution in [0.15, 0.2) is 24.3 Å². The summed E-state index contributed by atoms with van der Waals surface area (Å²) in [5, 5.41) is 15.6. The molecule has 0 bridgehead atoms. The predicted molar refractivity (Wildman–Crippen MR) is 148 cm³/mol. The molecule has 3 N–H and O–H groups in total. The van der Waals surface area contributed by atoms with E-state index < -0.39 is 36.2 Å². The topological polar surface area (TPSA) is 108 Å². The summed E-state index contributed by atoms with van der Waals surface area (Å²) in [6, 6.07) is 8.31. The molecule has 0 spiro atoms. The number of carboxylic acid groups (broad SMARTS) is 1. The van der Waals surface area contributed by atoms with E-state index in [1.54, 1.807) is 20.8 Å². The Morgan fingerprint density at radius 1 is 0.974 bits per heavy atom. The summed E-state index contributed by atoms with van der Waals surface area (Å²) < 4.78 is 5.25. The van der Waals surface area contributed by atoms with E-state index in [4.69, 9.17) is 9.84 Å². The van der Waals surface area contributed by atoms with Gasteiger partial charge in [-0.25, -0.2) is 4.79 Å². The van der Waals surface area contributed by atoms with Gasteiger partial charge in [-0.1, -0.05) is 69.7 Å². The van der Waals surface area contributed by atoms with Crippen LogP contribution in [-0.4, -0.2) is 58.2 Å². The summed E-state index contributed by atoms with van der Waals surface area (Å²) in [7, 11) is 0. The van der Waals surface area contributed by atoms with Gasteiger partial charge in [0.2, 0.25) is 5.91 Å². The molecule has 2 saturated carbocycles. The van der Waals surface area contributed by atoms with E-state index in [2.05, 4.69) is 10.6 Å². The third-order valence-corrected chi connectivity index (χ3v) is 7.66. The number of alkyl carbamates (subject to hydrolysis) is 1. The first kappa shape index (κ1) is 29.9. The minimum Gasteiger partial charge on any atom is -0.480 e. The second-order valence-electron chi connectivity index (χ2n) is 12.0. The monoisotopic (exact) mass is 529 g/mol. The Hall–Kier alpha value is -2.61. The molecule has 3 aliphatic rings. The van der Waals surface area contributed by atoms with Gasteiger partial charge in [-0.3, -0.25) is 9.59 Å². The van der Waals surface area contributed by atoms with E-state index in [1.807, 2.05) is 31.2 Å². The highest BCUT2D eigenvalue weighted by molar-refractivity contribution is 5.89. The first-order valence-electron chi connectivity index (χ1n) is 14.4. The Bertz CT molecular complexity index is 916. The van der Waals surface area contributed by atoms with Crippen LogP contribution in [0.2, 0.25) is 0 Å². The van der Waals surface area contributed by atoms with Crippen LogP contribution in [0.1, 0.15) is 109 Å². The number of amides is 2. The third-order valence-electron chi connectivity index (χ3n) is 7.66. The van der Waals surface area contributed by atoms with Crippen molar-refractivity contribution in [2.75, 3.05) is 6.54 Å². The van der Waals surface area contributed by atoms with Crippen LogP contribution in [0, 0.1) is 0 Å². The summed E-state index contributed by atoms with van der Waals surface area (Å²) in [6.07, 6.45) is 13.9. The van der Waals surface area contributed by atoms with Crippen LogP contribution >= 0.6 is 0 Å². The Kier molecular flexibility index (Phi) is 11.0. The number of carbonyl (C=O) groups excluding carboxylic acids is 2. The van der Waals surface area contributed by atoms with E-state index >= 15 is 0 Å². The molecule has 8 heteroatoms. The van der Waals surface area contributed by atoms with Crippen molar-refractivity contribution < 1.29 is 24.2 Å². The molecule has 2 amide bonds. The number of hydrogen-bond acceptors (Lipinski definition) is 5. The minimum absolute atomic E-state index is 0.193. The van der Waals surface area contributed by atoms with Gasteiger partial charge in [0, 0.05) is 24.5 Å². The molecular formula is C30H47N3O5. The zero-order valence-electron chi connectivity index (χ0n) is 23.6. The minimum atomic E-state index is -1.10. The number of aliphatic carboxylic acids is 1. The summed E-state index contributed by atoms with van der Waals surface area (Å²) in [5.41, 5.74) is 1.09. The van der Waals surface area contributed by atoms with Crippen molar-refractivity contribution >= 4 is 18.0 Å². The molecule has 4 rings (SSSR count). The van der Waals surface area contributed by atoms with Gasteiger partial charge < -0.3 is 25.4 Å². The van der Waals surface area contributed by atoms with Gasteiger partial charge in [0.05, 0.1) is 0 Å². The van der Waals surface area contributed by atoms with Crippen molar-refractivity contribution in [3.8, 4) is 0 Å². The van der Waals surface area contributed by atoms with E-state index in [0.29, 0.717) is 0 Å². The van der Waals surface area contributed by atoms with Gasteiger partial charge in [-0.15, -0.1) is 0 Å². The molecule has 8 nitrogen and oxygen atoms in total. The fraction of sp³-hybridized carbons (Fsp3) is 0.700. The first-order chi connectivity index (χ1) is 18.0. The maximum absolute atomic E-state index is 12.9. The van der Waals surface area contributed by atoms with Crippen molar-refractivity contribution in [3.05, 3.63) is 35.4 Å². The molecule has 1 aliphatic heterocycles. The van der Waals surface area contributed by atoms with Gasteiger partial charge in [0.25, 0.3) is 0 Å². The van der Waals surface area contributed by atoms with Crippen LogP contribution in [-0.2, 0) is 20.9 Å². The zero-order valence-corrected chi connectivity index (χ0v) is 23.6. The van der Waals surface area contributed by atoms with E-state index in [0.717, 1.165) is 23.2 Å². The predicted octanol–water partition coefficient (Wildman–Crippen LogP) is 5.35. The van der Waals surface area contributed by atoms with E-state index in [1.165, 1.54) is 69.1 Å². The molecule has 38 heavy (non-hydrogen) atoms. The molecule has 0 saturated heterocycles. The molecular weight excluding hydrogens is 482 g/mol. The van der Waals surface area contributed by atoms with E-state index in [9.17, 15) is 14.4 Å². The maximum Gasteiger partial charge on any atom is 0.408 e. The number of fused-ring (bicyclic) bond motifs is 1. The summed E-state index contributed by atoms with van der Waals surface area (Å²) in [5.74, 6) is -1.84. The van der Waals surface area contributed by atoms with Gasteiger partial charge in [0.1, 0.15) is 18.2 Å². The van der Waals surface area contributed by atoms with Gasteiger partial charge in [-0.05, 0) is 57.6 Å². The Morgan fingerprint density at radius 3 is 2.05 bits per heavy atom. The number of carboxylic acids is 1. The number of benzene rings is 1.